The van der Waals surface area contributed by atoms with Crippen LogP contribution >= 0.6 is 0 Å². The van der Waals surface area contributed by atoms with Gasteiger partial charge < -0.3 is 19.9 Å². The highest BCUT2D eigenvalue weighted by molar-refractivity contribution is 6.01. The number of aromatic amines is 1. The number of carbonyl (C=O) groups is 2. The van der Waals surface area contributed by atoms with E-state index in [1.807, 2.05) is 30.3 Å². The normalized spacial score (nSPS) is 14.7. The van der Waals surface area contributed by atoms with Crippen LogP contribution in [0.3, 0.4) is 0 Å². The number of rotatable bonds is 11. The lowest BCUT2D eigenvalue weighted by atomic mass is 10.1. The molecular weight excluding hydrogens is 567 g/mol. The van der Waals surface area contributed by atoms with E-state index in [4.69, 9.17) is 15.6 Å². The first-order valence-corrected chi connectivity index (χ1v) is 13.4. The largest absolute Gasteiger partial charge is 0.489 e. The van der Waals surface area contributed by atoms with Gasteiger partial charge in [0.05, 0.1) is 18.3 Å². The number of carbonyl (C=O) groups excluding carboxylic acids is 2. The summed E-state index contributed by atoms with van der Waals surface area (Å²) >= 11 is 0. The van der Waals surface area contributed by atoms with E-state index in [-0.39, 0.29) is 37.9 Å². The fourth-order valence-corrected chi connectivity index (χ4v) is 4.47. The Balaban J connectivity index is 1.33. The molecule has 12 nitrogen and oxygen atoms in total. The molecule has 1 unspecified atom stereocenters. The number of nitrogens with zero attached hydrogens (tertiary/aromatic N) is 5. The van der Waals surface area contributed by atoms with Crippen LogP contribution < -0.4 is 15.0 Å². The third-order valence-corrected chi connectivity index (χ3v) is 6.66. The van der Waals surface area contributed by atoms with E-state index in [0.29, 0.717) is 41.5 Å². The number of aromatic nitrogens is 3. The minimum absolute atomic E-state index is 0.00710. The minimum atomic E-state index is -4.82. The SMILES string of the molecule is CC(COc1ccc(CN2CCN(C(=N)C(F)(F)F)C(=N)C2)cc1N(C)C=O)NC(=O)c1n[nH]c(Cc2ccccc2)n1. The van der Waals surface area contributed by atoms with Gasteiger partial charge in [-0.15, -0.1) is 5.10 Å². The van der Waals surface area contributed by atoms with Crippen molar-refractivity contribution in [1.29, 1.82) is 10.8 Å². The molecule has 0 radical (unpaired) electrons. The number of ether oxygens (including phenoxy) is 1. The molecule has 1 aliphatic heterocycles. The van der Waals surface area contributed by atoms with Crippen molar-refractivity contribution in [3.63, 3.8) is 0 Å². The van der Waals surface area contributed by atoms with Crippen molar-refractivity contribution in [1.82, 2.24) is 30.3 Å². The van der Waals surface area contributed by atoms with Gasteiger partial charge in [-0.1, -0.05) is 36.4 Å². The molecule has 1 aromatic heterocycles. The molecule has 1 atom stereocenters. The van der Waals surface area contributed by atoms with E-state index >= 15 is 0 Å². The van der Waals surface area contributed by atoms with E-state index in [9.17, 15) is 22.8 Å². The summed E-state index contributed by atoms with van der Waals surface area (Å²) in [6.07, 6.45) is -3.70. The lowest BCUT2D eigenvalue weighted by Gasteiger charge is -2.36. The summed E-state index contributed by atoms with van der Waals surface area (Å²) in [6.45, 7) is 2.16. The number of benzene rings is 2. The molecule has 0 spiro atoms. The number of amidine groups is 2. The highest BCUT2D eigenvalue weighted by Gasteiger charge is 2.41. The van der Waals surface area contributed by atoms with E-state index in [1.165, 1.54) is 4.90 Å². The Morgan fingerprint density at radius 3 is 2.63 bits per heavy atom. The average Bonchev–Trinajstić information content (AvgIpc) is 3.44. The monoisotopic (exact) mass is 599 g/mol. The van der Waals surface area contributed by atoms with Crippen molar-refractivity contribution in [2.24, 2.45) is 0 Å². The van der Waals surface area contributed by atoms with Crippen LogP contribution in [0.4, 0.5) is 18.9 Å². The highest BCUT2D eigenvalue weighted by Crippen LogP contribution is 2.29. The molecule has 4 N–H and O–H groups in total. The summed E-state index contributed by atoms with van der Waals surface area (Å²) in [5.74, 6) is -1.38. The molecule has 0 saturated carbocycles. The van der Waals surface area contributed by atoms with Gasteiger partial charge in [-0.25, -0.2) is 4.98 Å². The number of H-pyrrole nitrogens is 1. The number of piperazine rings is 1. The van der Waals surface area contributed by atoms with Crippen LogP contribution in [0.2, 0.25) is 0 Å². The van der Waals surface area contributed by atoms with Crippen LogP contribution in [0.5, 0.6) is 5.75 Å². The van der Waals surface area contributed by atoms with Gasteiger partial charge in [0, 0.05) is 33.1 Å². The molecule has 2 amide bonds. The van der Waals surface area contributed by atoms with Gasteiger partial charge in [0.2, 0.25) is 18.1 Å². The standard InChI is InChI=1S/C28H32F3N9O3/c1-18(34-26(42)25-35-24(36-37-25)13-19-6-4-3-5-7-19)16-43-22-9-8-20(12-21(22)38(2)17-41)14-39-10-11-40(23(32)15-39)27(33)28(29,30)31/h3-9,12,17-18,32-33H,10-11,13-16H2,1-2H3,(H,34,42)(H,35,36,37). The number of hydrogen-bond acceptors (Lipinski definition) is 8. The predicted molar refractivity (Wildman–Crippen MR) is 152 cm³/mol. The Bertz CT molecular complexity index is 1460. The average molecular weight is 600 g/mol. The fraction of sp³-hybridized carbons (Fsp3) is 0.357. The molecule has 15 heteroatoms. The molecule has 1 fully saturated rings. The summed E-state index contributed by atoms with van der Waals surface area (Å²) in [6, 6.07) is 14.4. The molecule has 1 saturated heterocycles. The van der Waals surface area contributed by atoms with Gasteiger partial charge in [0.1, 0.15) is 24.0 Å². The Morgan fingerprint density at radius 1 is 1.21 bits per heavy atom. The first-order chi connectivity index (χ1) is 20.4. The Hall–Kier alpha value is -4.79. The summed E-state index contributed by atoms with van der Waals surface area (Å²) < 4.78 is 44.7. The van der Waals surface area contributed by atoms with Gasteiger partial charge in [0.25, 0.3) is 5.91 Å². The third-order valence-electron chi connectivity index (χ3n) is 6.66. The van der Waals surface area contributed by atoms with Crippen molar-refractivity contribution >= 4 is 29.7 Å². The first-order valence-electron chi connectivity index (χ1n) is 13.4. The number of amides is 2. The lowest BCUT2D eigenvalue weighted by molar-refractivity contribution is -0.107. The summed E-state index contributed by atoms with van der Waals surface area (Å²) in [7, 11) is 1.55. The summed E-state index contributed by atoms with van der Waals surface area (Å²) in [5, 5.41) is 24.9. The van der Waals surface area contributed by atoms with Crippen molar-refractivity contribution in [2.45, 2.75) is 32.1 Å². The van der Waals surface area contributed by atoms with Gasteiger partial charge in [-0.3, -0.25) is 30.4 Å². The van der Waals surface area contributed by atoms with E-state index in [1.54, 1.807) is 37.1 Å². The molecule has 228 valence electrons. The number of nitrogens with one attached hydrogen (secondary N) is 4. The zero-order valence-electron chi connectivity index (χ0n) is 23.6. The maximum absolute atomic E-state index is 12.9. The molecular formula is C28H32F3N9O3. The number of hydrogen-bond donors (Lipinski definition) is 4. The minimum Gasteiger partial charge on any atom is -0.489 e. The van der Waals surface area contributed by atoms with Crippen LogP contribution in [0, 0.1) is 10.8 Å². The molecule has 43 heavy (non-hydrogen) atoms. The summed E-state index contributed by atoms with van der Waals surface area (Å²) in [4.78, 5) is 32.3. The molecule has 3 aromatic rings. The van der Waals surface area contributed by atoms with Gasteiger partial charge in [-0.2, -0.15) is 13.2 Å². The van der Waals surface area contributed by atoms with Gasteiger partial charge in [-0.05, 0) is 30.2 Å². The second-order valence-corrected chi connectivity index (χ2v) is 10.1. The van der Waals surface area contributed by atoms with E-state index < -0.39 is 24.0 Å². The topological polar surface area (TPSA) is 154 Å². The molecule has 0 bridgehead atoms. The first kappa shape index (κ1) is 31.2. The molecule has 2 heterocycles. The van der Waals surface area contributed by atoms with Crippen molar-refractivity contribution in [2.75, 3.05) is 38.2 Å². The second kappa shape index (κ2) is 13.5. The summed E-state index contributed by atoms with van der Waals surface area (Å²) in [5.41, 5.74) is 2.23. The second-order valence-electron chi connectivity index (χ2n) is 10.1. The van der Waals surface area contributed by atoms with Crippen LogP contribution in [0.15, 0.2) is 48.5 Å². The Morgan fingerprint density at radius 2 is 1.95 bits per heavy atom. The quantitative estimate of drug-likeness (QED) is 0.150. The number of halogens is 3. The zero-order valence-corrected chi connectivity index (χ0v) is 23.6. The fourth-order valence-electron chi connectivity index (χ4n) is 4.47. The van der Waals surface area contributed by atoms with Crippen LogP contribution in [0.1, 0.15) is 34.5 Å². The third kappa shape index (κ3) is 8.16. The van der Waals surface area contributed by atoms with Crippen LogP contribution in [-0.4, -0.2) is 94.5 Å². The smallest absolute Gasteiger partial charge is 0.449 e. The lowest BCUT2D eigenvalue weighted by Crippen LogP contribution is -2.54. The maximum atomic E-state index is 12.9. The molecule has 1 aliphatic rings. The van der Waals surface area contributed by atoms with Crippen LogP contribution in [0.25, 0.3) is 0 Å². The van der Waals surface area contributed by atoms with Crippen molar-refractivity contribution in [3.8, 4) is 5.75 Å². The molecule has 4 rings (SSSR count). The molecule has 0 aliphatic carbocycles. The van der Waals surface area contributed by atoms with Gasteiger partial charge in [0.15, 0.2) is 0 Å². The predicted octanol–water partition coefficient (Wildman–Crippen LogP) is 2.82. The van der Waals surface area contributed by atoms with Crippen molar-refractivity contribution < 1.29 is 27.5 Å². The van der Waals surface area contributed by atoms with Crippen LogP contribution in [-0.2, 0) is 17.8 Å². The maximum Gasteiger partial charge on any atom is 0.449 e. The molecule has 2 aromatic carbocycles. The highest BCUT2D eigenvalue weighted by atomic mass is 19.4. The number of alkyl halides is 3. The zero-order chi connectivity index (χ0) is 31.1. The van der Waals surface area contributed by atoms with Gasteiger partial charge >= 0.3 is 6.18 Å². The van der Waals surface area contributed by atoms with E-state index in [2.05, 4.69) is 20.5 Å². The number of anilines is 1. The van der Waals surface area contributed by atoms with E-state index in [0.717, 1.165) is 11.1 Å². The van der Waals surface area contributed by atoms with Crippen molar-refractivity contribution in [3.05, 3.63) is 71.3 Å². The Kier molecular flexibility index (Phi) is 9.75. The Labute approximate surface area is 245 Å².